The summed E-state index contributed by atoms with van der Waals surface area (Å²) >= 11 is 0. The fourth-order valence-electron chi connectivity index (χ4n) is 3.36. The standard InChI is InChI=1S/C21H25N3O2/c22-16-12-14-19(15-13-16)24(18-10-6-3-7-11-18)21(26)20(25)23-17-8-4-1-2-5-9-17/h3,6-7,10-15,17H,1-2,4-5,8-9,22H2,(H,23,25). The van der Waals surface area contributed by atoms with Crippen molar-refractivity contribution in [2.75, 3.05) is 10.6 Å². The monoisotopic (exact) mass is 351 g/mol. The Balaban J connectivity index is 1.82. The minimum atomic E-state index is -0.579. The highest BCUT2D eigenvalue weighted by atomic mass is 16.2. The van der Waals surface area contributed by atoms with Gasteiger partial charge in [-0.2, -0.15) is 0 Å². The summed E-state index contributed by atoms with van der Waals surface area (Å²) in [5, 5.41) is 2.94. The third kappa shape index (κ3) is 4.42. The Hall–Kier alpha value is -2.82. The Morgan fingerprint density at radius 1 is 0.846 bits per heavy atom. The zero-order chi connectivity index (χ0) is 18.4. The van der Waals surface area contributed by atoms with Crippen molar-refractivity contribution < 1.29 is 9.59 Å². The third-order valence-electron chi connectivity index (χ3n) is 4.75. The van der Waals surface area contributed by atoms with Gasteiger partial charge in [0.2, 0.25) is 0 Å². The molecule has 1 aliphatic carbocycles. The summed E-state index contributed by atoms with van der Waals surface area (Å²) < 4.78 is 0. The number of nitrogens with two attached hydrogens (primary N) is 1. The molecule has 3 rings (SSSR count). The predicted octanol–water partition coefficient (Wildman–Crippen LogP) is 3.77. The summed E-state index contributed by atoms with van der Waals surface area (Å²) in [6.45, 7) is 0. The van der Waals surface area contributed by atoms with Crippen LogP contribution in [0, 0.1) is 0 Å². The van der Waals surface area contributed by atoms with Crippen LogP contribution in [0.2, 0.25) is 0 Å². The van der Waals surface area contributed by atoms with Crippen LogP contribution in [-0.4, -0.2) is 17.9 Å². The van der Waals surface area contributed by atoms with E-state index in [0.29, 0.717) is 17.1 Å². The molecule has 1 fully saturated rings. The van der Waals surface area contributed by atoms with E-state index in [4.69, 9.17) is 5.73 Å². The number of anilines is 3. The van der Waals surface area contributed by atoms with Crippen LogP contribution in [0.5, 0.6) is 0 Å². The number of hydrogen-bond donors (Lipinski definition) is 2. The minimum absolute atomic E-state index is 0.0815. The molecule has 5 nitrogen and oxygen atoms in total. The number of nitrogens with one attached hydrogen (secondary N) is 1. The molecule has 0 aromatic heterocycles. The number of nitrogens with zero attached hydrogens (tertiary/aromatic N) is 1. The zero-order valence-electron chi connectivity index (χ0n) is 14.9. The number of para-hydroxylation sites is 1. The highest BCUT2D eigenvalue weighted by molar-refractivity contribution is 6.42. The summed E-state index contributed by atoms with van der Waals surface area (Å²) in [6.07, 6.45) is 6.46. The fourth-order valence-corrected chi connectivity index (χ4v) is 3.36. The summed E-state index contributed by atoms with van der Waals surface area (Å²) in [5.41, 5.74) is 7.63. The first-order chi connectivity index (χ1) is 12.6. The molecule has 2 aromatic carbocycles. The maximum absolute atomic E-state index is 13.0. The van der Waals surface area contributed by atoms with Gasteiger partial charge in [0.15, 0.2) is 0 Å². The molecule has 1 aliphatic rings. The lowest BCUT2D eigenvalue weighted by molar-refractivity contribution is -0.137. The highest BCUT2D eigenvalue weighted by Gasteiger charge is 2.27. The molecule has 0 bridgehead atoms. The second kappa shape index (κ2) is 8.52. The van der Waals surface area contributed by atoms with E-state index in [2.05, 4.69) is 5.32 Å². The van der Waals surface area contributed by atoms with Crippen LogP contribution in [0.15, 0.2) is 54.6 Å². The van der Waals surface area contributed by atoms with Crippen LogP contribution in [0.25, 0.3) is 0 Å². The Morgan fingerprint density at radius 2 is 1.42 bits per heavy atom. The number of amides is 2. The number of hydrogen-bond acceptors (Lipinski definition) is 3. The van der Waals surface area contributed by atoms with Crippen LogP contribution in [-0.2, 0) is 9.59 Å². The summed E-state index contributed by atoms with van der Waals surface area (Å²) in [4.78, 5) is 27.1. The number of nitrogen functional groups attached to an aromatic ring is 1. The van der Waals surface area contributed by atoms with E-state index in [9.17, 15) is 9.59 Å². The first-order valence-electron chi connectivity index (χ1n) is 9.20. The Labute approximate surface area is 154 Å². The molecule has 0 spiro atoms. The van der Waals surface area contributed by atoms with Crippen LogP contribution in [0.3, 0.4) is 0 Å². The van der Waals surface area contributed by atoms with Crippen molar-refractivity contribution in [2.45, 2.75) is 44.6 Å². The smallest absolute Gasteiger partial charge is 0.320 e. The Kier molecular flexibility index (Phi) is 5.89. The van der Waals surface area contributed by atoms with Crippen molar-refractivity contribution in [3.8, 4) is 0 Å². The molecule has 0 heterocycles. The molecule has 2 amide bonds. The molecule has 0 radical (unpaired) electrons. The molecule has 0 unspecified atom stereocenters. The second-order valence-electron chi connectivity index (χ2n) is 6.73. The maximum Gasteiger partial charge on any atom is 0.320 e. The largest absolute Gasteiger partial charge is 0.399 e. The lowest BCUT2D eigenvalue weighted by atomic mass is 10.1. The summed E-state index contributed by atoms with van der Waals surface area (Å²) in [6, 6.07) is 16.2. The van der Waals surface area contributed by atoms with E-state index in [0.717, 1.165) is 25.7 Å². The summed E-state index contributed by atoms with van der Waals surface area (Å²) in [5.74, 6) is -1.14. The second-order valence-corrected chi connectivity index (χ2v) is 6.73. The molecular weight excluding hydrogens is 326 g/mol. The van der Waals surface area contributed by atoms with E-state index >= 15 is 0 Å². The van der Waals surface area contributed by atoms with Gasteiger partial charge in [0.05, 0.1) is 0 Å². The topological polar surface area (TPSA) is 75.4 Å². The molecule has 2 aromatic rings. The minimum Gasteiger partial charge on any atom is -0.399 e. The van der Waals surface area contributed by atoms with Gasteiger partial charge < -0.3 is 11.1 Å². The number of carbonyl (C=O) groups is 2. The SMILES string of the molecule is Nc1ccc(N(C(=O)C(=O)NC2CCCCCC2)c2ccccc2)cc1. The van der Waals surface area contributed by atoms with E-state index in [1.54, 1.807) is 24.3 Å². The molecule has 5 heteroatoms. The molecule has 26 heavy (non-hydrogen) atoms. The quantitative estimate of drug-likeness (QED) is 0.502. The van der Waals surface area contributed by atoms with Gasteiger partial charge in [-0.05, 0) is 49.2 Å². The van der Waals surface area contributed by atoms with Gasteiger partial charge in [0.25, 0.3) is 0 Å². The van der Waals surface area contributed by atoms with Crippen LogP contribution >= 0.6 is 0 Å². The van der Waals surface area contributed by atoms with E-state index in [-0.39, 0.29) is 6.04 Å². The van der Waals surface area contributed by atoms with Crippen LogP contribution in [0.1, 0.15) is 38.5 Å². The maximum atomic E-state index is 13.0. The van der Waals surface area contributed by atoms with Gasteiger partial charge in [0.1, 0.15) is 0 Å². The fraction of sp³-hybridized carbons (Fsp3) is 0.333. The van der Waals surface area contributed by atoms with Gasteiger partial charge >= 0.3 is 11.8 Å². The third-order valence-corrected chi connectivity index (χ3v) is 4.75. The lowest BCUT2D eigenvalue weighted by Gasteiger charge is -2.24. The van der Waals surface area contributed by atoms with Gasteiger partial charge in [0, 0.05) is 23.1 Å². The molecule has 1 saturated carbocycles. The Bertz CT molecular complexity index is 736. The predicted molar refractivity (Wildman–Crippen MR) is 104 cm³/mol. The molecule has 0 saturated heterocycles. The lowest BCUT2D eigenvalue weighted by Crippen LogP contribution is -2.45. The first kappa shape index (κ1) is 18.0. The molecular formula is C21H25N3O2. The highest BCUT2D eigenvalue weighted by Crippen LogP contribution is 2.26. The van der Waals surface area contributed by atoms with Crippen LogP contribution < -0.4 is 16.0 Å². The molecule has 3 N–H and O–H groups in total. The normalized spacial score (nSPS) is 15.1. The van der Waals surface area contributed by atoms with Crippen molar-refractivity contribution in [2.24, 2.45) is 0 Å². The van der Waals surface area contributed by atoms with Crippen molar-refractivity contribution in [3.63, 3.8) is 0 Å². The molecule has 0 aliphatic heterocycles. The number of rotatable bonds is 3. The molecule has 0 atom stereocenters. The molecule has 136 valence electrons. The average molecular weight is 351 g/mol. The van der Waals surface area contributed by atoms with Crippen LogP contribution in [0.4, 0.5) is 17.1 Å². The van der Waals surface area contributed by atoms with Gasteiger partial charge in [-0.15, -0.1) is 0 Å². The number of carbonyl (C=O) groups excluding carboxylic acids is 2. The average Bonchev–Trinajstić information content (AvgIpc) is 2.93. The zero-order valence-corrected chi connectivity index (χ0v) is 14.9. The van der Waals surface area contributed by atoms with Crippen molar-refractivity contribution in [1.82, 2.24) is 5.32 Å². The van der Waals surface area contributed by atoms with Gasteiger partial charge in [-0.1, -0.05) is 43.9 Å². The first-order valence-corrected chi connectivity index (χ1v) is 9.20. The van der Waals surface area contributed by atoms with E-state index in [1.165, 1.54) is 17.7 Å². The number of benzene rings is 2. The van der Waals surface area contributed by atoms with Crippen molar-refractivity contribution in [3.05, 3.63) is 54.6 Å². The van der Waals surface area contributed by atoms with Gasteiger partial charge in [-0.3, -0.25) is 14.5 Å². The summed E-state index contributed by atoms with van der Waals surface area (Å²) in [7, 11) is 0. The Morgan fingerprint density at radius 3 is 2.04 bits per heavy atom. The van der Waals surface area contributed by atoms with Gasteiger partial charge in [-0.25, -0.2) is 0 Å². The van der Waals surface area contributed by atoms with E-state index < -0.39 is 11.8 Å². The van der Waals surface area contributed by atoms with Crippen molar-refractivity contribution >= 4 is 28.9 Å². The van der Waals surface area contributed by atoms with Crippen molar-refractivity contribution in [1.29, 1.82) is 0 Å². The van der Waals surface area contributed by atoms with E-state index in [1.807, 2.05) is 30.3 Å².